The van der Waals surface area contributed by atoms with Crippen LogP contribution in [0.3, 0.4) is 0 Å². The van der Waals surface area contributed by atoms with Crippen LogP contribution in [-0.2, 0) is 0 Å². The fourth-order valence-corrected chi connectivity index (χ4v) is 3.49. The molecule has 1 aliphatic rings. The zero-order valence-electron chi connectivity index (χ0n) is 15.3. The lowest BCUT2D eigenvalue weighted by molar-refractivity contribution is 0.0924. The first-order valence-electron chi connectivity index (χ1n) is 9.19. The fraction of sp³-hybridized carbons (Fsp3) is 0.381. The van der Waals surface area contributed by atoms with Gasteiger partial charge in [-0.1, -0.05) is 24.6 Å². The number of hydrogen-bond donors (Lipinski definition) is 2. The molecular formula is C21H27N3O2. The van der Waals surface area contributed by atoms with Crippen LogP contribution in [0.15, 0.2) is 48.5 Å². The molecule has 0 bridgehead atoms. The summed E-state index contributed by atoms with van der Waals surface area (Å²) in [6, 6.07) is 15.4. The number of nitrogens with one attached hydrogen (secondary N) is 1. The molecule has 0 spiro atoms. The normalized spacial score (nSPS) is 16.0. The van der Waals surface area contributed by atoms with Crippen LogP contribution < -0.4 is 15.8 Å². The Kier molecular flexibility index (Phi) is 6.12. The van der Waals surface area contributed by atoms with Gasteiger partial charge in [-0.3, -0.25) is 9.69 Å². The summed E-state index contributed by atoms with van der Waals surface area (Å²) in [6.45, 7) is 2.69. The molecule has 0 saturated carbocycles. The minimum absolute atomic E-state index is 0.0900. The smallest absolute Gasteiger partial charge is 0.251 e. The molecule has 1 unspecified atom stereocenters. The predicted octanol–water partition coefficient (Wildman–Crippen LogP) is 3.23. The van der Waals surface area contributed by atoms with E-state index in [0.717, 1.165) is 18.8 Å². The first-order valence-corrected chi connectivity index (χ1v) is 9.19. The number of anilines is 1. The standard InChI is InChI=1S/C21H27N3O2/c1-26-19-10-8-16(9-11-19)20(24-12-3-2-4-13-24)15-23-21(25)17-6-5-7-18(22)14-17/h5-11,14,20H,2-4,12-13,15,22H2,1H3,(H,23,25). The zero-order chi connectivity index (χ0) is 18.4. The lowest BCUT2D eigenvalue weighted by Gasteiger charge is -2.35. The molecule has 0 aromatic heterocycles. The largest absolute Gasteiger partial charge is 0.497 e. The number of carbonyl (C=O) groups excluding carboxylic acids is 1. The minimum Gasteiger partial charge on any atom is -0.497 e. The second kappa shape index (κ2) is 8.72. The molecule has 1 aliphatic heterocycles. The molecule has 1 heterocycles. The number of ether oxygens (including phenoxy) is 1. The van der Waals surface area contributed by atoms with Crippen molar-refractivity contribution in [2.45, 2.75) is 25.3 Å². The number of carbonyl (C=O) groups is 1. The third-order valence-electron chi connectivity index (χ3n) is 4.94. The number of methoxy groups -OCH3 is 1. The summed E-state index contributed by atoms with van der Waals surface area (Å²) in [5.74, 6) is 0.753. The summed E-state index contributed by atoms with van der Waals surface area (Å²) < 4.78 is 5.27. The van der Waals surface area contributed by atoms with Crippen molar-refractivity contribution in [3.8, 4) is 5.75 Å². The first-order chi connectivity index (χ1) is 12.7. The molecule has 3 N–H and O–H groups in total. The number of nitrogen functional groups attached to an aromatic ring is 1. The monoisotopic (exact) mass is 353 g/mol. The molecule has 1 amide bonds. The van der Waals surface area contributed by atoms with Gasteiger partial charge in [0.1, 0.15) is 5.75 Å². The van der Waals surface area contributed by atoms with E-state index in [4.69, 9.17) is 10.5 Å². The van der Waals surface area contributed by atoms with Crippen molar-refractivity contribution >= 4 is 11.6 Å². The van der Waals surface area contributed by atoms with Crippen molar-refractivity contribution in [2.24, 2.45) is 0 Å². The highest BCUT2D eigenvalue weighted by Gasteiger charge is 2.23. The number of amides is 1. The third-order valence-corrected chi connectivity index (χ3v) is 4.94. The molecule has 2 aromatic carbocycles. The number of nitrogens with two attached hydrogens (primary N) is 1. The number of rotatable bonds is 6. The summed E-state index contributed by atoms with van der Waals surface area (Å²) in [4.78, 5) is 15.0. The van der Waals surface area contributed by atoms with Gasteiger partial charge in [-0.05, 0) is 61.8 Å². The maximum atomic E-state index is 12.5. The van der Waals surface area contributed by atoms with Gasteiger partial charge in [0, 0.05) is 17.8 Å². The van der Waals surface area contributed by atoms with Crippen LogP contribution in [0.5, 0.6) is 5.75 Å². The molecule has 138 valence electrons. The lowest BCUT2D eigenvalue weighted by atomic mass is 10.0. The van der Waals surface area contributed by atoms with E-state index in [2.05, 4.69) is 22.3 Å². The maximum Gasteiger partial charge on any atom is 0.251 e. The van der Waals surface area contributed by atoms with Gasteiger partial charge >= 0.3 is 0 Å². The average molecular weight is 353 g/mol. The van der Waals surface area contributed by atoms with Crippen molar-refractivity contribution in [3.05, 3.63) is 59.7 Å². The van der Waals surface area contributed by atoms with E-state index in [0.29, 0.717) is 17.8 Å². The van der Waals surface area contributed by atoms with Crippen LogP contribution in [0.4, 0.5) is 5.69 Å². The van der Waals surface area contributed by atoms with Gasteiger partial charge in [-0.25, -0.2) is 0 Å². The Labute approximate surface area is 155 Å². The topological polar surface area (TPSA) is 67.6 Å². The molecule has 1 fully saturated rings. The van der Waals surface area contributed by atoms with Crippen molar-refractivity contribution in [1.82, 2.24) is 10.2 Å². The Morgan fingerprint density at radius 2 is 1.88 bits per heavy atom. The Morgan fingerprint density at radius 1 is 1.15 bits per heavy atom. The van der Waals surface area contributed by atoms with Crippen LogP contribution in [0, 0.1) is 0 Å². The van der Waals surface area contributed by atoms with Crippen molar-refractivity contribution in [3.63, 3.8) is 0 Å². The Balaban J connectivity index is 1.73. The third kappa shape index (κ3) is 4.55. The van der Waals surface area contributed by atoms with Gasteiger partial charge in [0.05, 0.1) is 13.2 Å². The van der Waals surface area contributed by atoms with Gasteiger partial charge in [0.25, 0.3) is 5.91 Å². The average Bonchev–Trinajstić information content (AvgIpc) is 2.69. The van der Waals surface area contributed by atoms with Crippen LogP contribution in [-0.4, -0.2) is 37.6 Å². The van der Waals surface area contributed by atoms with Crippen molar-refractivity contribution in [1.29, 1.82) is 0 Å². The molecule has 0 aliphatic carbocycles. The van der Waals surface area contributed by atoms with E-state index in [1.165, 1.54) is 24.8 Å². The van der Waals surface area contributed by atoms with Gasteiger partial charge in [-0.15, -0.1) is 0 Å². The molecule has 5 heteroatoms. The molecule has 2 aromatic rings. The SMILES string of the molecule is COc1ccc(C(CNC(=O)c2cccc(N)c2)N2CCCCC2)cc1. The van der Waals surface area contributed by atoms with Gasteiger partial charge in [-0.2, -0.15) is 0 Å². The molecule has 1 atom stereocenters. The number of hydrogen-bond acceptors (Lipinski definition) is 4. The summed E-state index contributed by atoms with van der Waals surface area (Å²) >= 11 is 0. The van der Waals surface area contributed by atoms with Crippen LogP contribution in [0.2, 0.25) is 0 Å². The summed E-state index contributed by atoms with van der Waals surface area (Å²) in [5.41, 5.74) is 8.17. The minimum atomic E-state index is -0.0900. The molecule has 26 heavy (non-hydrogen) atoms. The Bertz CT molecular complexity index is 724. The van der Waals surface area contributed by atoms with E-state index in [9.17, 15) is 4.79 Å². The number of nitrogens with zero attached hydrogens (tertiary/aromatic N) is 1. The van der Waals surface area contributed by atoms with E-state index in [-0.39, 0.29) is 11.9 Å². The van der Waals surface area contributed by atoms with Crippen molar-refractivity contribution in [2.75, 3.05) is 32.5 Å². The Hall–Kier alpha value is -2.53. The highest BCUT2D eigenvalue weighted by atomic mass is 16.5. The summed E-state index contributed by atoms with van der Waals surface area (Å²) in [6.07, 6.45) is 3.69. The summed E-state index contributed by atoms with van der Waals surface area (Å²) in [5, 5.41) is 3.08. The van der Waals surface area contributed by atoms with Crippen molar-refractivity contribution < 1.29 is 9.53 Å². The highest BCUT2D eigenvalue weighted by Crippen LogP contribution is 2.26. The number of likely N-dealkylation sites (tertiary alicyclic amines) is 1. The van der Waals surface area contributed by atoms with Gasteiger partial charge in [0.15, 0.2) is 0 Å². The quantitative estimate of drug-likeness (QED) is 0.783. The molecule has 3 rings (SSSR count). The highest BCUT2D eigenvalue weighted by molar-refractivity contribution is 5.95. The second-order valence-electron chi connectivity index (χ2n) is 6.72. The lowest BCUT2D eigenvalue weighted by Crippen LogP contribution is -2.40. The van der Waals surface area contributed by atoms with Gasteiger partial charge < -0.3 is 15.8 Å². The molecular weight excluding hydrogens is 326 g/mol. The zero-order valence-corrected chi connectivity index (χ0v) is 15.3. The summed E-state index contributed by atoms with van der Waals surface area (Å²) in [7, 11) is 1.67. The van der Waals surface area contributed by atoms with E-state index >= 15 is 0 Å². The van der Waals surface area contributed by atoms with Crippen LogP contribution >= 0.6 is 0 Å². The molecule has 0 radical (unpaired) electrons. The number of piperidine rings is 1. The first kappa shape index (κ1) is 18.3. The molecule has 1 saturated heterocycles. The molecule has 5 nitrogen and oxygen atoms in total. The second-order valence-corrected chi connectivity index (χ2v) is 6.72. The van der Waals surface area contributed by atoms with E-state index < -0.39 is 0 Å². The fourth-order valence-electron chi connectivity index (χ4n) is 3.49. The maximum absolute atomic E-state index is 12.5. The van der Waals surface area contributed by atoms with Gasteiger partial charge in [0.2, 0.25) is 0 Å². The van der Waals surface area contributed by atoms with E-state index in [1.807, 2.05) is 12.1 Å². The predicted molar refractivity (Wildman–Crippen MR) is 104 cm³/mol. The van der Waals surface area contributed by atoms with Crippen LogP contribution in [0.1, 0.15) is 41.2 Å². The van der Waals surface area contributed by atoms with E-state index in [1.54, 1.807) is 31.4 Å². The number of benzene rings is 2. The van der Waals surface area contributed by atoms with Crippen LogP contribution in [0.25, 0.3) is 0 Å². The Morgan fingerprint density at radius 3 is 2.54 bits per heavy atom.